The van der Waals surface area contributed by atoms with E-state index in [2.05, 4.69) is 10.1 Å². The van der Waals surface area contributed by atoms with Crippen LogP contribution in [0.4, 0.5) is 4.79 Å². The molecule has 15 heavy (non-hydrogen) atoms. The maximum atomic E-state index is 10.9. The van der Waals surface area contributed by atoms with Gasteiger partial charge in [0, 0.05) is 6.54 Å². The molecule has 0 heterocycles. The highest BCUT2D eigenvalue weighted by Crippen LogP contribution is 1.97. The highest BCUT2D eigenvalue weighted by molar-refractivity contribution is 5.67. The first-order chi connectivity index (χ1) is 7.33. The fourth-order valence-corrected chi connectivity index (χ4v) is 1.14. The van der Waals surface area contributed by atoms with Gasteiger partial charge >= 0.3 is 6.09 Å². The molecule has 1 aromatic rings. The van der Waals surface area contributed by atoms with Crippen molar-refractivity contribution in [1.29, 1.82) is 0 Å². The Bertz CT molecular complexity index is 287. The molecule has 0 unspecified atom stereocenters. The Hall–Kier alpha value is -1.55. The van der Waals surface area contributed by atoms with Crippen molar-refractivity contribution < 1.29 is 14.6 Å². The molecule has 0 aliphatic rings. The van der Waals surface area contributed by atoms with E-state index >= 15 is 0 Å². The first-order valence-electron chi connectivity index (χ1n) is 4.88. The number of carbonyl (C=O) groups excluding carboxylic acids is 1. The summed E-state index contributed by atoms with van der Waals surface area (Å²) in [6.45, 7) is 0.428. The van der Waals surface area contributed by atoms with Crippen molar-refractivity contribution in [2.24, 2.45) is 0 Å². The minimum atomic E-state index is -0.486. The quantitative estimate of drug-likeness (QED) is 0.759. The predicted octanol–water partition coefficient (Wildman–Crippen LogP) is 0.948. The first-order valence-corrected chi connectivity index (χ1v) is 4.88. The Morgan fingerprint density at radius 2 is 2.07 bits per heavy atom. The summed E-state index contributed by atoms with van der Waals surface area (Å²) >= 11 is 0. The Labute approximate surface area is 88.9 Å². The van der Waals surface area contributed by atoms with Gasteiger partial charge in [0.25, 0.3) is 0 Å². The highest BCUT2D eigenvalue weighted by atomic mass is 16.6. The molecule has 0 bridgehead atoms. The van der Waals surface area contributed by atoms with Crippen LogP contribution in [0.25, 0.3) is 0 Å². The molecule has 1 amide bonds. The fraction of sp³-hybridized carbons (Fsp3) is 0.364. The second-order valence-corrected chi connectivity index (χ2v) is 3.02. The molecule has 0 radical (unpaired) electrons. The van der Waals surface area contributed by atoms with E-state index in [4.69, 9.17) is 5.11 Å². The van der Waals surface area contributed by atoms with Gasteiger partial charge in [-0.3, -0.25) is 0 Å². The van der Waals surface area contributed by atoms with Crippen LogP contribution < -0.4 is 5.32 Å². The zero-order valence-electron chi connectivity index (χ0n) is 8.48. The smallest absolute Gasteiger partial charge is 0.407 e. The van der Waals surface area contributed by atoms with Crippen LogP contribution in [0.15, 0.2) is 30.3 Å². The number of aliphatic hydroxyl groups excluding tert-OH is 1. The lowest BCUT2D eigenvalue weighted by Gasteiger charge is -2.05. The number of benzene rings is 1. The molecule has 1 rings (SSSR count). The Kier molecular flexibility index (Phi) is 5.25. The summed E-state index contributed by atoms with van der Waals surface area (Å²) in [5.74, 6) is 0. The van der Waals surface area contributed by atoms with Crippen molar-refractivity contribution >= 4 is 6.09 Å². The van der Waals surface area contributed by atoms with Gasteiger partial charge in [0.05, 0.1) is 6.61 Å². The third-order valence-electron chi connectivity index (χ3n) is 1.85. The summed E-state index contributed by atoms with van der Waals surface area (Å²) in [6.07, 6.45) is 0.287. The number of hydrogen-bond donors (Lipinski definition) is 2. The van der Waals surface area contributed by atoms with Crippen LogP contribution in [0.1, 0.15) is 5.56 Å². The molecule has 4 nitrogen and oxygen atoms in total. The van der Waals surface area contributed by atoms with Crippen LogP contribution in [0.3, 0.4) is 0 Å². The van der Waals surface area contributed by atoms with E-state index in [0.29, 0.717) is 6.54 Å². The van der Waals surface area contributed by atoms with E-state index in [1.807, 2.05) is 30.3 Å². The number of rotatable bonds is 5. The van der Waals surface area contributed by atoms with Crippen LogP contribution >= 0.6 is 0 Å². The van der Waals surface area contributed by atoms with Crippen molar-refractivity contribution in [1.82, 2.24) is 5.32 Å². The largest absolute Gasteiger partial charge is 0.447 e. The summed E-state index contributed by atoms with van der Waals surface area (Å²) in [7, 11) is 0. The monoisotopic (exact) mass is 209 g/mol. The second kappa shape index (κ2) is 6.84. The topological polar surface area (TPSA) is 58.6 Å². The maximum Gasteiger partial charge on any atom is 0.407 e. The van der Waals surface area contributed by atoms with Gasteiger partial charge in [0.1, 0.15) is 6.61 Å². The van der Waals surface area contributed by atoms with Gasteiger partial charge in [-0.25, -0.2) is 4.79 Å². The summed E-state index contributed by atoms with van der Waals surface area (Å²) in [4.78, 5) is 10.9. The van der Waals surface area contributed by atoms with Gasteiger partial charge < -0.3 is 15.2 Å². The van der Waals surface area contributed by atoms with E-state index in [0.717, 1.165) is 6.42 Å². The molecule has 0 atom stereocenters. The SMILES string of the molecule is O=C(NCCc1ccccc1)OCCO. The normalized spacial score (nSPS) is 9.67. The zero-order chi connectivity index (χ0) is 10.9. The van der Waals surface area contributed by atoms with Crippen molar-refractivity contribution in [3.05, 3.63) is 35.9 Å². The van der Waals surface area contributed by atoms with Crippen LogP contribution in [0.2, 0.25) is 0 Å². The van der Waals surface area contributed by atoms with Gasteiger partial charge in [-0.1, -0.05) is 30.3 Å². The molecule has 0 aliphatic heterocycles. The van der Waals surface area contributed by atoms with E-state index in [1.54, 1.807) is 0 Å². The number of hydrogen-bond acceptors (Lipinski definition) is 3. The zero-order valence-corrected chi connectivity index (χ0v) is 8.48. The van der Waals surface area contributed by atoms with E-state index in [1.165, 1.54) is 5.56 Å². The molecule has 1 aromatic carbocycles. The summed E-state index contributed by atoms with van der Waals surface area (Å²) < 4.78 is 4.63. The molecule has 0 fully saturated rings. The molecular formula is C11H15NO3. The highest BCUT2D eigenvalue weighted by Gasteiger charge is 1.99. The van der Waals surface area contributed by atoms with Gasteiger partial charge in [0.2, 0.25) is 0 Å². The van der Waals surface area contributed by atoms with Crippen molar-refractivity contribution in [2.75, 3.05) is 19.8 Å². The second-order valence-electron chi connectivity index (χ2n) is 3.02. The first kappa shape index (κ1) is 11.5. The lowest BCUT2D eigenvalue weighted by molar-refractivity contribution is 0.119. The molecule has 4 heteroatoms. The van der Waals surface area contributed by atoms with Gasteiger partial charge in [-0.15, -0.1) is 0 Å². The fourth-order valence-electron chi connectivity index (χ4n) is 1.14. The van der Waals surface area contributed by atoms with Crippen LogP contribution in [0.5, 0.6) is 0 Å². The third-order valence-corrected chi connectivity index (χ3v) is 1.85. The summed E-state index contributed by atoms with van der Waals surface area (Å²) in [5.41, 5.74) is 1.17. The number of amides is 1. The van der Waals surface area contributed by atoms with Gasteiger partial charge in [-0.05, 0) is 12.0 Å². The number of alkyl carbamates (subject to hydrolysis) is 1. The van der Waals surface area contributed by atoms with E-state index < -0.39 is 6.09 Å². The average molecular weight is 209 g/mol. The average Bonchev–Trinajstić information content (AvgIpc) is 2.28. The molecule has 2 N–H and O–H groups in total. The van der Waals surface area contributed by atoms with Crippen LogP contribution in [-0.4, -0.2) is 31.0 Å². The molecule has 0 aromatic heterocycles. The lowest BCUT2D eigenvalue weighted by Crippen LogP contribution is -2.27. The number of aliphatic hydroxyl groups is 1. The predicted molar refractivity (Wildman–Crippen MR) is 56.6 cm³/mol. The molecular weight excluding hydrogens is 194 g/mol. The summed E-state index contributed by atoms with van der Waals surface area (Å²) in [6, 6.07) is 9.87. The third kappa shape index (κ3) is 5.02. The lowest BCUT2D eigenvalue weighted by atomic mass is 10.1. The van der Waals surface area contributed by atoms with Crippen LogP contribution in [0, 0.1) is 0 Å². The van der Waals surface area contributed by atoms with Crippen molar-refractivity contribution in [3.8, 4) is 0 Å². The molecule has 0 saturated carbocycles. The minimum Gasteiger partial charge on any atom is -0.447 e. The molecule has 0 aliphatic carbocycles. The Morgan fingerprint density at radius 1 is 1.33 bits per heavy atom. The molecule has 0 spiro atoms. The maximum absolute atomic E-state index is 10.9. The number of ether oxygens (including phenoxy) is 1. The van der Waals surface area contributed by atoms with Gasteiger partial charge in [-0.2, -0.15) is 0 Å². The summed E-state index contributed by atoms with van der Waals surface area (Å²) in [5, 5.41) is 11.0. The van der Waals surface area contributed by atoms with Crippen molar-refractivity contribution in [3.63, 3.8) is 0 Å². The van der Waals surface area contributed by atoms with E-state index in [-0.39, 0.29) is 13.2 Å². The van der Waals surface area contributed by atoms with E-state index in [9.17, 15) is 4.79 Å². The van der Waals surface area contributed by atoms with Gasteiger partial charge in [0.15, 0.2) is 0 Å². The Balaban J connectivity index is 2.14. The minimum absolute atomic E-state index is 0.0389. The molecule has 0 saturated heterocycles. The van der Waals surface area contributed by atoms with Crippen molar-refractivity contribution in [2.45, 2.75) is 6.42 Å². The number of carbonyl (C=O) groups is 1. The molecule has 82 valence electrons. The Morgan fingerprint density at radius 3 is 2.73 bits per heavy atom. The van der Waals surface area contributed by atoms with Crippen LogP contribution in [-0.2, 0) is 11.2 Å². The number of nitrogens with one attached hydrogen (secondary N) is 1. The standard InChI is InChI=1S/C11H15NO3/c13-8-9-15-11(14)12-7-6-10-4-2-1-3-5-10/h1-5,13H,6-9H2,(H,12,14).